The van der Waals surface area contributed by atoms with Gasteiger partial charge in [-0.1, -0.05) is 0 Å². The molecule has 2 heterocycles. The van der Waals surface area contributed by atoms with E-state index in [1.165, 1.54) is 0 Å². The summed E-state index contributed by atoms with van der Waals surface area (Å²) in [6, 6.07) is 0. The van der Waals surface area contributed by atoms with Crippen molar-refractivity contribution in [3.8, 4) is 0 Å². The molecule has 0 unspecified atom stereocenters. The minimum atomic E-state index is -1.14. The molecule has 7 heteroatoms. The lowest BCUT2D eigenvalue weighted by atomic mass is 10.0. The van der Waals surface area contributed by atoms with E-state index in [-0.39, 0.29) is 19.1 Å². The van der Waals surface area contributed by atoms with Gasteiger partial charge < -0.3 is 15.4 Å². The maximum atomic E-state index is 12.4. The second-order valence-electron chi connectivity index (χ2n) is 5.77. The summed E-state index contributed by atoms with van der Waals surface area (Å²) in [6.07, 6.45) is 5.35. The van der Waals surface area contributed by atoms with Gasteiger partial charge in [-0.3, -0.25) is 9.59 Å². The number of primary amides is 1. The fraction of sp³-hybridized carbons (Fsp3) is 0.571. The second-order valence-corrected chi connectivity index (χ2v) is 5.77. The van der Waals surface area contributed by atoms with Gasteiger partial charge in [-0.05, 0) is 19.8 Å². The van der Waals surface area contributed by atoms with E-state index in [4.69, 9.17) is 10.5 Å². The molecule has 0 spiro atoms. The lowest BCUT2D eigenvalue weighted by Gasteiger charge is -2.38. The van der Waals surface area contributed by atoms with E-state index in [9.17, 15) is 9.59 Å². The Labute approximate surface area is 122 Å². The van der Waals surface area contributed by atoms with Crippen molar-refractivity contribution in [2.75, 3.05) is 19.7 Å². The molecule has 0 aromatic carbocycles. The van der Waals surface area contributed by atoms with Gasteiger partial charge in [0.2, 0.25) is 0 Å². The fourth-order valence-corrected chi connectivity index (χ4v) is 2.38. The van der Waals surface area contributed by atoms with Crippen molar-refractivity contribution < 1.29 is 14.3 Å². The fourth-order valence-electron chi connectivity index (χ4n) is 2.38. The largest absolute Gasteiger partial charge is 0.367 e. The summed E-state index contributed by atoms with van der Waals surface area (Å²) in [6.45, 7) is 2.45. The number of carbonyl (C=O) groups is 2. The molecule has 1 atom stereocenters. The molecule has 2 fully saturated rings. The minimum absolute atomic E-state index is 0.144. The van der Waals surface area contributed by atoms with Crippen LogP contribution >= 0.6 is 0 Å². The van der Waals surface area contributed by atoms with E-state index in [1.807, 2.05) is 0 Å². The quantitative estimate of drug-likeness (QED) is 0.849. The third-order valence-electron chi connectivity index (χ3n) is 3.94. The zero-order chi connectivity index (χ0) is 15.0. The first-order valence-corrected chi connectivity index (χ1v) is 7.05. The number of rotatable bonds is 3. The summed E-state index contributed by atoms with van der Waals surface area (Å²) in [4.78, 5) is 33.9. The number of hydrogen-bond donors (Lipinski definition) is 1. The van der Waals surface area contributed by atoms with Crippen molar-refractivity contribution in [3.63, 3.8) is 0 Å². The highest BCUT2D eigenvalue weighted by molar-refractivity contribution is 5.94. The molecule has 7 nitrogen and oxygen atoms in total. The van der Waals surface area contributed by atoms with Crippen LogP contribution in [-0.2, 0) is 9.53 Å². The molecule has 1 saturated heterocycles. The molecule has 112 valence electrons. The highest BCUT2D eigenvalue weighted by atomic mass is 16.5. The van der Waals surface area contributed by atoms with Gasteiger partial charge in [-0.15, -0.1) is 0 Å². The molecule has 2 N–H and O–H groups in total. The van der Waals surface area contributed by atoms with Gasteiger partial charge in [0.15, 0.2) is 5.60 Å². The van der Waals surface area contributed by atoms with Crippen LogP contribution < -0.4 is 5.73 Å². The number of nitrogens with zero attached hydrogens (tertiary/aromatic N) is 3. The number of morpholine rings is 1. The zero-order valence-corrected chi connectivity index (χ0v) is 11.9. The molecule has 1 aliphatic carbocycles. The van der Waals surface area contributed by atoms with Crippen LogP contribution in [0.5, 0.6) is 0 Å². The van der Waals surface area contributed by atoms with Gasteiger partial charge in [-0.2, -0.15) is 0 Å². The number of carbonyl (C=O) groups excluding carboxylic acids is 2. The van der Waals surface area contributed by atoms with Crippen LogP contribution in [0.3, 0.4) is 0 Å². The van der Waals surface area contributed by atoms with Crippen molar-refractivity contribution in [2.24, 2.45) is 5.73 Å². The Bertz CT molecular complexity index is 570. The molecular formula is C14H18N4O3. The number of nitrogens with two attached hydrogens (primary N) is 1. The lowest BCUT2D eigenvalue weighted by Crippen LogP contribution is -2.58. The van der Waals surface area contributed by atoms with E-state index in [2.05, 4.69) is 9.97 Å². The SMILES string of the molecule is C[C@]1(C(N)=O)CN(C(=O)c2cnc(C3CC3)nc2)CCO1. The van der Waals surface area contributed by atoms with Crippen molar-refractivity contribution >= 4 is 11.8 Å². The molecule has 0 bridgehead atoms. The van der Waals surface area contributed by atoms with E-state index in [0.717, 1.165) is 18.7 Å². The van der Waals surface area contributed by atoms with Gasteiger partial charge >= 0.3 is 0 Å². The maximum Gasteiger partial charge on any atom is 0.257 e. The normalized spacial score (nSPS) is 25.7. The van der Waals surface area contributed by atoms with Crippen molar-refractivity contribution in [1.82, 2.24) is 14.9 Å². The molecule has 1 aromatic rings. The van der Waals surface area contributed by atoms with Gasteiger partial charge in [0.1, 0.15) is 5.82 Å². The van der Waals surface area contributed by atoms with E-state index >= 15 is 0 Å². The van der Waals surface area contributed by atoms with Crippen molar-refractivity contribution in [1.29, 1.82) is 0 Å². The molecule has 0 radical (unpaired) electrons. The zero-order valence-electron chi connectivity index (χ0n) is 11.9. The van der Waals surface area contributed by atoms with E-state index in [0.29, 0.717) is 18.0 Å². The Morgan fingerprint density at radius 2 is 2.05 bits per heavy atom. The van der Waals surface area contributed by atoms with Crippen molar-refractivity contribution in [2.45, 2.75) is 31.3 Å². The van der Waals surface area contributed by atoms with Gasteiger partial charge in [0.05, 0.1) is 18.7 Å². The first kappa shape index (κ1) is 13.9. The Balaban J connectivity index is 1.73. The molecule has 1 aromatic heterocycles. The van der Waals surface area contributed by atoms with Gasteiger partial charge in [0.25, 0.3) is 11.8 Å². The van der Waals surface area contributed by atoms with Crippen LogP contribution in [0.4, 0.5) is 0 Å². The van der Waals surface area contributed by atoms with Gasteiger partial charge in [0, 0.05) is 24.9 Å². The van der Waals surface area contributed by atoms with Crippen LogP contribution in [0, 0.1) is 0 Å². The maximum absolute atomic E-state index is 12.4. The predicted octanol–water partition coefficient (Wildman–Crippen LogP) is 0.0704. The average Bonchev–Trinajstić information content (AvgIpc) is 3.31. The first-order chi connectivity index (χ1) is 9.99. The van der Waals surface area contributed by atoms with Crippen LogP contribution in [0.15, 0.2) is 12.4 Å². The summed E-state index contributed by atoms with van der Waals surface area (Å²) < 4.78 is 5.40. The van der Waals surface area contributed by atoms with Crippen molar-refractivity contribution in [3.05, 3.63) is 23.8 Å². The summed E-state index contributed by atoms with van der Waals surface area (Å²) in [7, 11) is 0. The number of ether oxygens (including phenoxy) is 1. The standard InChI is InChI=1S/C14H18N4O3/c1-14(13(15)20)8-18(4-5-21-14)12(19)10-6-16-11(17-7-10)9-2-3-9/h6-7,9H,2-5,8H2,1H3,(H2,15,20)/t14-/m1/s1. The average molecular weight is 290 g/mol. The Morgan fingerprint density at radius 3 is 2.62 bits per heavy atom. The highest BCUT2D eigenvalue weighted by Crippen LogP contribution is 2.37. The molecule has 3 rings (SSSR count). The Kier molecular flexibility index (Phi) is 3.36. The highest BCUT2D eigenvalue weighted by Gasteiger charge is 2.39. The van der Waals surface area contributed by atoms with Crippen LogP contribution in [0.2, 0.25) is 0 Å². The molecule has 1 saturated carbocycles. The summed E-state index contributed by atoms with van der Waals surface area (Å²) >= 11 is 0. The smallest absolute Gasteiger partial charge is 0.257 e. The molecule has 2 aliphatic rings. The number of hydrogen-bond acceptors (Lipinski definition) is 5. The minimum Gasteiger partial charge on any atom is -0.367 e. The summed E-state index contributed by atoms with van der Waals surface area (Å²) in [5.41, 5.74) is 4.62. The van der Waals surface area contributed by atoms with Crippen LogP contribution in [0.1, 0.15) is 41.9 Å². The second kappa shape index (κ2) is 5.07. The number of aromatic nitrogens is 2. The molecule has 1 aliphatic heterocycles. The van der Waals surface area contributed by atoms with Gasteiger partial charge in [-0.25, -0.2) is 9.97 Å². The third kappa shape index (κ3) is 2.73. The Hall–Kier alpha value is -2.02. The molecular weight excluding hydrogens is 272 g/mol. The van der Waals surface area contributed by atoms with Crippen LogP contribution in [-0.4, -0.2) is 52.0 Å². The third-order valence-corrected chi connectivity index (χ3v) is 3.94. The molecule has 21 heavy (non-hydrogen) atoms. The number of amides is 2. The summed E-state index contributed by atoms with van der Waals surface area (Å²) in [5.74, 6) is 0.486. The van der Waals surface area contributed by atoms with E-state index in [1.54, 1.807) is 24.2 Å². The topological polar surface area (TPSA) is 98.4 Å². The first-order valence-electron chi connectivity index (χ1n) is 7.05. The monoisotopic (exact) mass is 290 g/mol. The summed E-state index contributed by atoms with van der Waals surface area (Å²) in [5, 5.41) is 0. The lowest BCUT2D eigenvalue weighted by molar-refractivity contribution is -0.150. The molecule has 2 amide bonds. The predicted molar refractivity (Wildman–Crippen MR) is 73.5 cm³/mol. The van der Waals surface area contributed by atoms with E-state index < -0.39 is 11.5 Å². The Morgan fingerprint density at radius 1 is 1.38 bits per heavy atom. The van der Waals surface area contributed by atoms with Crippen LogP contribution in [0.25, 0.3) is 0 Å².